The number of aryl methyl sites for hydroxylation is 1. The molecule has 1 aliphatic carbocycles. The summed E-state index contributed by atoms with van der Waals surface area (Å²) in [5.41, 5.74) is 5.96. The molecule has 126 valence electrons. The maximum Gasteiger partial charge on any atom is 0.269 e. The minimum atomic E-state index is -0.418. The SMILES string of the molecule is Cc1ccc(C(=O)NNC(=S)N[C@@H]2CCC[C@@H](C)[C@@H]2C)cc1F. The van der Waals surface area contributed by atoms with Crippen molar-refractivity contribution in [3.63, 3.8) is 0 Å². The van der Waals surface area contributed by atoms with Crippen LogP contribution < -0.4 is 16.2 Å². The van der Waals surface area contributed by atoms with E-state index < -0.39 is 11.7 Å². The molecule has 23 heavy (non-hydrogen) atoms. The lowest BCUT2D eigenvalue weighted by molar-refractivity contribution is 0.0942. The Kier molecular flexibility index (Phi) is 5.93. The monoisotopic (exact) mass is 337 g/mol. The summed E-state index contributed by atoms with van der Waals surface area (Å²) in [6.07, 6.45) is 3.50. The fourth-order valence-corrected chi connectivity index (χ4v) is 3.11. The van der Waals surface area contributed by atoms with E-state index in [0.29, 0.717) is 28.6 Å². The first-order chi connectivity index (χ1) is 10.9. The Balaban J connectivity index is 1.84. The van der Waals surface area contributed by atoms with Crippen LogP contribution in [0.25, 0.3) is 0 Å². The molecule has 0 aromatic heterocycles. The molecule has 3 atom stereocenters. The number of amides is 1. The number of hydrogen-bond acceptors (Lipinski definition) is 2. The second-order valence-corrected chi connectivity index (χ2v) is 6.80. The van der Waals surface area contributed by atoms with E-state index >= 15 is 0 Å². The molecule has 0 aliphatic heterocycles. The normalized spacial score (nSPS) is 23.9. The molecule has 1 fully saturated rings. The van der Waals surface area contributed by atoms with Gasteiger partial charge in [-0.25, -0.2) is 4.39 Å². The first-order valence-corrected chi connectivity index (χ1v) is 8.42. The van der Waals surface area contributed by atoms with Crippen molar-refractivity contribution in [2.75, 3.05) is 0 Å². The van der Waals surface area contributed by atoms with Gasteiger partial charge in [0.15, 0.2) is 5.11 Å². The van der Waals surface area contributed by atoms with Gasteiger partial charge in [0.05, 0.1) is 0 Å². The first-order valence-electron chi connectivity index (χ1n) is 8.01. The minimum Gasteiger partial charge on any atom is -0.358 e. The topological polar surface area (TPSA) is 53.2 Å². The molecule has 0 radical (unpaired) electrons. The summed E-state index contributed by atoms with van der Waals surface area (Å²) in [5.74, 6) is 0.376. The number of thiocarbonyl (C=S) groups is 1. The lowest BCUT2D eigenvalue weighted by atomic mass is 9.78. The number of hydrazine groups is 1. The molecular weight excluding hydrogens is 313 g/mol. The Morgan fingerprint density at radius 2 is 2.00 bits per heavy atom. The highest BCUT2D eigenvalue weighted by Gasteiger charge is 2.27. The lowest BCUT2D eigenvalue weighted by Crippen LogP contribution is -2.52. The van der Waals surface area contributed by atoms with Gasteiger partial charge in [0.1, 0.15) is 5.82 Å². The number of carbonyl (C=O) groups is 1. The van der Waals surface area contributed by atoms with Crippen molar-refractivity contribution in [2.45, 2.75) is 46.1 Å². The molecule has 0 saturated heterocycles. The summed E-state index contributed by atoms with van der Waals surface area (Å²) in [6.45, 7) is 6.13. The van der Waals surface area contributed by atoms with Crippen molar-refractivity contribution < 1.29 is 9.18 Å². The second-order valence-electron chi connectivity index (χ2n) is 6.39. The summed E-state index contributed by atoms with van der Waals surface area (Å²) < 4.78 is 13.5. The molecule has 4 nitrogen and oxygen atoms in total. The van der Waals surface area contributed by atoms with Crippen LogP contribution in [0.3, 0.4) is 0 Å². The van der Waals surface area contributed by atoms with Crippen molar-refractivity contribution in [1.82, 2.24) is 16.2 Å². The zero-order valence-corrected chi connectivity index (χ0v) is 14.6. The highest BCUT2D eigenvalue weighted by molar-refractivity contribution is 7.80. The van der Waals surface area contributed by atoms with Crippen LogP contribution in [0.5, 0.6) is 0 Å². The Bertz CT molecular complexity index is 593. The fourth-order valence-electron chi connectivity index (χ4n) is 2.91. The largest absolute Gasteiger partial charge is 0.358 e. The number of nitrogens with one attached hydrogen (secondary N) is 3. The number of carbonyl (C=O) groups excluding carboxylic acids is 1. The van der Waals surface area contributed by atoms with Gasteiger partial charge in [-0.15, -0.1) is 0 Å². The van der Waals surface area contributed by atoms with Gasteiger partial charge in [0, 0.05) is 11.6 Å². The van der Waals surface area contributed by atoms with Gasteiger partial charge in [0.25, 0.3) is 5.91 Å². The third-order valence-corrected chi connectivity index (χ3v) is 4.97. The molecule has 0 unspecified atom stereocenters. The molecule has 1 aromatic carbocycles. The van der Waals surface area contributed by atoms with Gasteiger partial charge < -0.3 is 5.32 Å². The van der Waals surface area contributed by atoms with E-state index in [4.69, 9.17) is 12.2 Å². The summed E-state index contributed by atoms with van der Waals surface area (Å²) in [4.78, 5) is 12.0. The standard InChI is InChI=1S/C17H24FN3OS/c1-10-5-4-6-15(12(10)3)19-17(23)21-20-16(22)13-8-7-11(2)14(18)9-13/h7-10,12,15H,4-6H2,1-3H3,(H,20,22)(H2,19,21,23)/t10-,12+,15-/m1/s1. The smallest absolute Gasteiger partial charge is 0.269 e. The van der Waals surface area contributed by atoms with Crippen LogP contribution in [0.4, 0.5) is 4.39 Å². The number of benzene rings is 1. The van der Waals surface area contributed by atoms with Crippen molar-refractivity contribution in [2.24, 2.45) is 11.8 Å². The third kappa shape index (κ3) is 4.64. The molecule has 1 saturated carbocycles. The first kappa shape index (κ1) is 17.7. The van der Waals surface area contributed by atoms with Crippen LogP contribution in [0.1, 0.15) is 49.0 Å². The molecular formula is C17H24FN3OS. The van der Waals surface area contributed by atoms with E-state index in [9.17, 15) is 9.18 Å². The van der Waals surface area contributed by atoms with Gasteiger partial charge >= 0.3 is 0 Å². The maximum atomic E-state index is 13.5. The molecule has 0 bridgehead atoms. The Morgan fingerprint density at radius 3 is 2.70 bits per heavy atom. The van der Waals surface area contributed by atoms with E-state index in [2.05, 4.69) is 30.0 Å². The quantitative estimate of drug-likeness (QED) is 0.573. The average molecular weight is 337 g/mol. The predicted octanol–water partition coefficient (Wildman–Crippen LogP) is 3.07. The third-order valence-electron chi connectivity index (χ3n) is 4.75. The molecule has 0 spiro atoms. The second kappa shape index (κ2) is 7.73. The van der Waals surface area contributed by atoms with Crippen LogP contribution >= 0.6 is 12.2 Å². The van der Waals surface area contributed by atoms with Gasteiger partial charge in [0.2, 0.25) is 0 Å². The van der Waals surface area contributed by atoms with Crippen molar-refractivity contribution in [3.8, 4) is 0 Å². The lowest BCUT2D eigenvalue weighted by Gasteiger charge is -2.35. The molecule has 6 heteroatoms. The van der Waals surface area contributed by atoms with Gasteiger partial charge in [-0.2, -0.15) is 0 Å². The average Bonchev–Trinajstić information content (AvgIpc) is 2.52. The summed E-state index contributed by atoms with van der Waals surface area (Å²) >= 11 is 5.23. The Hall–Kier alpha value is -1.69. The minimum absolute atomic E-state index is 0.253. The number of rotatable bonds is 2. The Labute approximate surface area is 142 Å². The fraction of sp³-hybridized carbons (Fsp3) is 0.529. The van der Waals surface area contributed by atoms with Crippen LogP contribution in [0.2, 0.25) is 0 Å². The molecule has 1 amide bonds. The summed E-state index contributed by atoms with van der Waals surface area (Å²) in [5, 5.41) is 3.64. The highest BCUT2D eigenvalue weighted by atomic mass is 32.1. The maximum absolute atomic E-state index is 13.5. The zero-order chi connectivity index (χ0) is 17.0. The summed E-state index contributed by atoms with van der Waals surface area (Å²) in [6, 6.07) is 4.68. The van der Waals surface area contributed by atoms with E-state index in [1.165, 1.54) is 18.9 Å². The zero-order valence-electron chi connectivity index (χ0n) is 13.8. The van der Waals surface area contributed by atoms with Crippen molar-refractivity contribution in [1.29, 1.82) is 0 Å². The number of hydrogen-bond donors (Lipinski definition) is 3. The molecule has 1 aromatic rings. The molecule has 0 heterocycles. The van der Waals surface area contributed by atoms with Crippen molar-refractivity contribution >= 4 is 23.2 Å². The van der Waals surface area contributed by atoms with Crippen LogP contribution in [-0.2, 0) is 0 Å². The highest BCUT2D eigenvalue weighted by Crippen LogP contribution is 2.29. The number of halogens is 1. The van der Waals surface area contributed by atoms with Gasteiger partial charge in [-0.1, -0.05) is 32.8 Å². The van der Waals surface area contributed by atoms with E-state index in [1.807, 2.05) is 0 Å². The Morgan fingerprint density at radius 1 is 1.26 bits per heavy atom. The van der Waals surface area contributed by atoms with Gasteiger partial charge in [-0.05, 0) is 55.1 Å². The van der Waals surface area contributed by atoms with E-state index in [1.54, 1.807) is 19.1 Å². The van der Waals surface area contributed by atoms with Crippen LogP contribution in [0, 0.1) is 24.6 Å². The van der Waals surface area contributed by atoms with E-state index in [0.717, 1.165) is 6.42 Å². The molecule has 3 N–H and O–H groups in total. The van der Waals surface area contributed by atoms with E-state index in [-0.39, 0.29) is 5.56 Å². The molecule has 1 aliphatic rings. The summed E-state index contributed by atoms with van der Waals surface area (Å²) in [7, 11) is 0. The molecule has 2 rings (SSSR count). The van der Waals surface area contributed by atoms with Crippen molar-refractivity contribution in [3.05, 3.63) is 35.1 Å². The van der Waals surface area contributed by atoms with Crippen LogP contribution in [0.15, 0.2) is 18.2 Å². The predicted molar refractivity (Wildman–Crippen MR) is 93.4 cm³/mol. The van der Waals surface area contributed by atoms with Crippen LogP contribution in [-0.4, -0.2) is 17.1 Å². The van der Waals surface area contributed by atoms with Gasteiger partial charge in [-0.3, -0.25) is 15.6 Å².